The molecule has 0 radical (unpaired) electrons. The van der Waals surface area contributed by atoms with E-state index in [0.717, 1.165) is 15.6 Å². The van der Waals surface area contributed by atoms with Crippen LogP contribution in [-0.2, 0) is 0 Å². The van der Waals surface area contributed by atoms with Gasteiger partial charge in [-0.1, -0.05) is 29.3 Å². The van der Waals surface area contributed by atoms with Gasteiger partial charge in [-0.25, -0.2) is 0 Å². The van der Waals surface area contributed by atoms with E-state index in [-0.39, 0.29) is 0 Å². The second kappa shape index (κ2) is 5.84. The van der Waals surface area contributed by atoms with Crippen LogP contribution < -0.4 is 0 Å². The van der Waals surface area contributed by atoms with Crippen LogP contribution in [0.2, 0.25) is 5.02 Å². The third-order valence-corrected chi connectivity index (χ3v) is 3.05. The first-order valence-corrected chi connectivity index (χ1v) is 6.29. The Bertz CT molecular complexity index is 506. The number of hydrogen-bond donors (Lipinski definition) is 0. The average Bonchev–Trinajstić information content (AvgIpc) is 2.34. The van der Waals surface area contributed by atoms with Crippen molar-refractivity contribution in [3.05, 3.63) is 59.1 Å². The minimum Gasteiger partial charge on any atom is -0.143 e. The molecule has 0 fully saturated rings. The fourth-order valence-corrected chi connectivity index (χ4v) is 1.83. The van der Waals surface area contributed by atoms with Crippen molar-refractivity contribution in [1.29, 1.82) is 0 Å². The van der Waals surface area contributed by atoms with Crippen LogP contribution in [0.1, 0.15) is 5.56 Å². The van der Waals surface area contributed by atoms with E-state index in [0.29, 0.717) is 0 Å². The van der Waals surface area contributed by atoms with E-state index in [1.165, 1.54) is 17.5 Å². The van der Waals surface area contributed by atoms with E-state index in [4.69, 9.17) is 11.6 Å². The van der Waals surface area contributed by atoms with Crippen molar-refractivity contribution in [2.75, 3.05) is 0 Å². The second-order valence-electron chi connectivity index (χ2n) is 3.56. The lowest BCUT2D eigenvalue weighted by Crippen LogP contribution is -1.68. The Hall–Kier alpha value is -1.32. The van der Waals surface area contributed by atoms with Crippen molar-refractivity contribution in [2.45, 2.75) is 11.8 Å². The van der Waals surface area contributed by atoms with Crippen LogP contribution in [0, 0.1) is 6.92 Å². The minimum absolute atomic E-state index is 0.727. The highest BCUT2D eigenvalue weighted by atomic mass is 35.5. The fourth-order valence-electron chi connectivity index (χ4n) is 1.22. The number of hydrogen-bond acceptors (Lipinski definition) is 3. The molecule has 86 valence electrons. The minimum atomic E-state index is 0.727. The van der Waals surface area contributed by atoms with Crippen LogP contribution in [0.15, 0.2) is 63.1 Å². The molecule has 0 saturated carbocycles. The molecule has 0 aliphatic rings. The van der Waals surface area contributed by atoms with E-state index >= 15 is 0 Å². The Balaban J connectivity index is 1.97. The highest BCUT2D eigenvalue weighted by molar-refractivity contribution is 7.97. The molecule has 0 unspecified atom stereocenters. The van der Waals surface area contributed by atoms with Gasteiger partial charge < -0.3 is 0 Å². The number of rotatable bonds is 3. The first-order valence-electron chi connectivity index (χ1n) is 5.14. The number of halogens is 1. The summed E-state index contributed by atoms with van der Waals surface area (Å²) in [5.41, 5.74) is 2.08. The van der Waals surface area contributed by atoms with Crippen molar-refractivity contribution in [3.63, 3.8) is 0 Å². The van der Waals surface area contributed by atoms with E-state index in [1.54, 1.807) is 0 Å². The molecule has 2 nitrogen and oxygen atoms in total. The smallest absolute Gasteiger partial charge is 0.0863 e. The zero-order valence-electron chi connectivity index (χ0n) is 9.30. The van der Waals surface area contributed by atoms with Gasteiger partial charge in [0.1, 0.15) is 0 Å². The number of benzene rings is 2. The molecular formula is C13H11ClN2S. The highest BCUT2D eigenvalue weighted by Crippen LogP contribution is 2.23. The van der Waals surface area contributed by atoms with Gasteiger partial charge in [0.05, 0.1) is 5.69 Å². The summed E-state index contributed by atoms with van der Waals surface area (Å²) in [6.07, 6.45) is 0. The molecule has 4 heteroatoms. The largest absolute Gasteiger partial charge is 0.143 e. The lowest BCUT2D eigenvalue weighted by molar-refractivity contribution is 1.31. The van der Waals surface area contributed by atoms with Gasteiger partial charge in [-0.05, 0) is 43.3 Å². The summed E-state index contributed by atoms with van der Waals surface area (Å²) in [5, 5.41) is 4.85. The fraction of sp³-hybridized carbons (Fsp3) is 0.0769. The lowest BCUT2D eigenvalue weighted by Gasteiger charge is -1.95. The van der Waals surface area contributed by atoms with Crippen LogP contribution in [0.4, 0.5) is 5.69 Å². The van der Waals surface area contributed by atoms with Gasteiger partial charge >= 0.3 is 0 Å². The predicted octanol–water partition coefficient (Wildman–Crippen LogP) is 5.44. The molecule has 0 bridgehead atoms. The normalized spacial score (nSPS) is 10.9. The predicted molar refractivity (Wildman–Crippen MR) is 73.0 cm³/mol. The third kappa shape index (κ3) is 3.88. The van der Waals surface area contributed by atoms with Crippen molar-refractivity contribution >= 4 is 29.2 Å². The molecule has 0 heterocycles. The van der Waals surface area contributed by atoms with Gasteiger partial charge in [0, 0.05) is 21.9 Å². The van der Waals surface area contributed by atoms with Gasteiger partial charge in [0.15, 0.2) is 0 Å². The third-order valence-electron chi connectivity index (χ3n) is 2.15. The van der Waals surface area contributed by atoms with Crippen molar-refractivity contribution in [1.82, 2.24) is 0 Å². The van der Waals surface area contributed by atoms with Gasteiger partial charge in [0.25, 0.3) is 0 Å². The maximum absolute atomic E-state index is 5.79. The summed E-state index contributed by atoms with van der Waals surface area (Å²) < 4.78 is 4.07. The Kier molecular flexibility index (Phi) is 4.18. The monoisotopic (exact) mass is 262 g/mol. The van der Waals surface area contributed by atoms with Crippen molar-refractivity contribution in [3.8, 4) is 0 Å². The molecule has 2 rings (SSSR count). The van der Waals surface area contributed by atoms with Crippen LogP contribution >= 0.6 is 23.5 Å². The van der Waals surface area contributed by atoms with Gasteiger partial charge in [-0.3, -0.25) is 0 Å². The van der Waals surface area contributed by atoms with Gasteiger partial charge in [-0.2, -0.15) is 0 Å². The molecule has 0 amide bonds. The average molecular weight is 263 g/mol. The molecule has 2 aromatic rings. The number of nitrogens with zero attached hydrogens (tertiary/aromatic N) is 2. The standard InChI is InChI=1S/C13H11ClN2S/c1-10-2-6-12(7-3-10)15-16-17-13-8-4-11(14)5-9-13/h2-9H,1H3. The van der Waals surface area contributed by atoms with E-state index < -0.39 is 0 Å². The summed E-state index contributed by atoms with van der Waals surface area (Å²) in [6, 6.07) is 15.4. The first kappa shape index (κ1) is 12.1. The summed E-state index contributed by atoms with van der Waals surface area (Å²) in [7, 11) is 0. The Morgan fingerprint density at radius 2 is 1.59 bits per heavy atom. The van der Waals surface area contributed by atoms with Crippen LogP contribution in [0.5, 0.6) is 0 Å². The zero-order chi connectivity index (χ0) is 12.1. The molecule has 0 aliphatic heterocycles. The molecule has 0 aliphatic carbocycles. The van der Waals surface area contributed by atoms with E-state index in [9.17, 15) is 0 Å². The molecule has 0 atom stereocenters. The van der Waals surface area contributed by atoms with Crippen molar-refractivity contribution in [2.24, 2.45) is 9.63 Å². The molecule has 0 spiro atoms. The Morgan fingerprint density at radius 1 is 0.941 bits per heavy atom. The highest BCUT2D eigenvalue weighted by Gasteiger charge is 1.93. The zero-order valence-corrected chi connectivity index (χ0v) is 10.9. The summed E-state index contributed by atoms with van der Waals surface area (Å²) in [4.78, 5) is 1.02. The van der Waals surface area contributed by atoms with Gasteiger partial charge in [-0.15, -0.1) is 9.63 Å². The van der Waals surface area contributed by atoms with Crippen LogP contribution in [0.25, 0.3) is 0 Å². The topological polar surface area (TPSA) is 24.7 Å². The molecule has 0 N–H and O–H groups in total. The van der Waals surface area contributed by atoms with E-state index in [2.05, 4.69) is 9.63 Å². The quantitative estimate of drug-likeness (QED) is 0.534. The molecule has 17 heavy (non-hydrogen) atoms. The van der Waals surface area contributed by atoms with Crippen molar-refractivity contribution < 1.29 is 0 Å². The van der Waals surface area contributed by atoms with Gasteiger partial charge in [0.2, 0.25) is 0 Å². The summed E-state index contributed by atoms with van der Waals surface area (Å²) in [6.45, 7) is 2.05. The summed E-state index contributed by atoms with van der Waals surface area (Å²) in [5.74, 6) is 0. The molecule has 0 saturated heterocycles. The Morgan fingerprint density at radius 3 is 2.24 bits per heavy atom. The Labute approximate surface area is 110 Å². The number of aryl methyl sites for hydroxylation is 1. The summed E-state index contributed by atoms with van der Waals surface area (Å²) >= 11 is 7.12. The van der Waals surface area contributed by atoms with E-state index in [1.807, 2.05) is 55.5 Å². The maximum atomic E-state index is 5.79. The lowest BCUT2D eigenvalue weighted by atomic mass is 10.2. The maximum Gasteiger partial charge on any atom is 0.0863 e. The molecule has 2 aromatic carbocycles. The molecule has 0 aromatic heterocycles. The van der Waals surface area contributed by atoms with Crippen LogP contribution in [-0.4, -0.2) is 0 Å². The molecular weight excluding hydrogens is 252 g/mol. The SMILES string of the molecule is Cc1ccc(N=NSc2ccc(Cl)cc2)cc1. The second-order valence-corrected chi connectivity index (χ2v) is 4.82. The van der Waals surface area contributed by atoms with Crippen LogP contribution in [0.3, 0.4) is 0 Å². The first-order chi connectivity index (χ1) is 8.24.